The summed E-state index contributed by atoms with van der Waals surface area (Å²) in [6.45, 7) is 3.02. The maximum Gasteiger partial charge on any atom is 0.304 e. The number of aliphatic carboxylic acids is 1. The van der Waals surface area contributed by atoms with Gasteiger partial charge in [0.15, 0.2) is 0 Å². The van der Waals surface area contributed by atoms with Crippen molar-refractivity contribution >= 4 is 5.97 Å². The smallest absolute Gasteiger partial charge is 0.304 e. The number of hydrogen-bond donors (Lipinski definition) is 1. The summed E-state index contributed by atoms with van der Waals surface area (Å²) in [4.78, 5) is 13.3. The molecule has 0 aliphatic carbocycles. The lowest BCUT2D eigenvalue weighted by Gasteiger charge is -2.39. The lowest BCUT2D eigenvalue weighted by atomic mass is 9.94. The summed E-state index contributed by atoms with van der Waals surface area (Å²) in [6.07, 6.45) is 3.34. The van der Waals surface area contributed by atoms with Crippen LogP contribution in [0, 0.1) is 11.3 Å². The van der Waals surface area contributed by atoms with Gasteiger partial charge in [-0.1, -0.05) is 18.6 Å². The molecule has 1 aromatic rings. The fourth-order valence-corrected chi connectivity index (χ4v) is 3.01. The predicted octanol–water partition coefficient (Wildman–Crippen LogP) is 2.95. The summed E-state index contributed by atoms with van der Waals surface area (Å²) in [7, 11) is 0. The molecule has 0 aromatic heterocycles. The SMILES string of the molecule is CC(c1cccc(C#N)c1)N1CCCCC1CC(=O)O. The van der Waals surface area contributed by atoms with Crippen LogP contribution in [0.4, 0.5) is 0 Å². The van der Waals surface area contributed by atoms with Crippen molar-refractivity contribution in [2.24, 2.45) is 0 Å². The Morgan fingerprint density at radius 2 is 2.35 bits per heavy atom. The number of nitrogens with zero attached hydrogens (tertiary/aromatic N) is 2. The van der Waals surface area contributed by atoms with Gasteiger partial charge in [0, 0.05) is 12.1 Å². The van der Waals surface area contributed by atoms with Crippen molar-refractivity contribution in [3.63, 3.8) is 0 Å². The average Bonchev–Trinajstić information content (AvgIpc) is 2.46. The Bertz CT molecular complexity index is 521. The third kappa shape index (κ3) is 3.37. The fourth-order valence-electron chi connectivity index (χ4n) is 3.01. The quantitative estimate of drug-likeness (QED) is 0.915. The minimum atomic E-state index is -0.736. The van der Waals surface area contributed by atoms with Crippen molar-refractivity contribution in [3.8, 4) is 6.07 Å². The van der Waals surface area contributed by atoms with Crippen LogP contribution < -0.4 is 0 Å². The summed E-state index contributed by atoms with van der Waals surface area (Å²) in [5.41, 5.74) is 1.74. The lowest BCUT2D eigenvalue weighted by molar-refractivity contribution is -0.139. The molecule has 2 rings (SSSR count). The predicted molar refractivity (Wildman–Crippen MR) is 76.2 cm³/mol. The molecule has 1 saturated heterocycles. The second kappa shape index (κ2) is 6.53. The largest absolute Gasteiger partial charge is 0.481 e. The molecule has 4 nitrogen and oxygen atoms in total. The zero-order chi connectivity index (χ0) is 14.5. The third-order valence-corrected chi connectivity index (χ3v) is 4.08. The molecule has 20 heavy (non-hydrogen) atoms. The van der Waals surface area contributed by atoms with Crippen LogP contribution in [-0.4, -0.2) is 28.6 Å². The van der Waals surface area contributed by atoms with E-state index in [-0.39, 0.29) is 18.5 Å². The van der Waals surface area contributed by atoms with Crippen LogP contribution in [0.5, 0.6) is 0 Å². The van der Waals surface area contributed by atoms with Gasteiger partial charge in [-0.25, -0.2) is 0 Å². The standard InChI is InChI=1S/C16H20N2O2/c1-12(14-6-4-5-13(9-14)11-17)18-8-3-2-7-15(18)10-16(19)20/h4-6,9,12,15H,2-3,7-8,10H2,1H3,(H,19,20). The highest BCUT2D eigenvalue weighted by atomic mass is 16.4. The van der Waals surface area contributed by atoms with E-state index in [0.717, 1.165) is 31.4 Å². The molecule has 0 radical (unpaired) electrons. The van der Waals surface area contributed by atoms with Gasteiger partial charge in [0.05, 0.1) is 18.1 Å². The zero-order valence-electron chi connectivity index (χ0n) is 11.7. The first-order valence-electron chi connectivity index (χ1n) is 7.09. The summed E-state index contributed by atoms with van der Waals surface area (Å²) in [5, 5.41) is 18.0. The van der Waals surface area contributed by atoms with Gasteiger partial charge < -0.3 is 5.11 Å². The first-order chi connectivity index (χ1) is 9.61. The van der Waals surface area contributed by atoms with E-state index in [9.17, 15) is 4.79 Å². The van der Waals surface area contributed by atoms with E-state index < -0.39 is 5.97 Å². The van der Waals surface area contributed by atoms with Crippen LogP contribution >= 0.6 is 0 Å². The Balaban J connectivity index is 2.18. The summed E-state index contributed by atoms with van der Waals surface area (Å²) in [6, 6.07) is 10.00. The van der Waals surface area contributed by atoms with Gasteiger partial charge in [0.25, 0.3) is 0 Å². The summed E-state index contributed by atoms with van der Waals surface area (Å²) >= 11 is 0. The number of likely N-dealkylation sites (tertiary alicyclic amines) is 1. The first kappa shape index (κ1) is 14.5. The number of piperidine rings is 1. The van der Waals surface area contributed by atoms with Gasteiger partial charge in [-0.15, -0.1) is 0 Å². The molecule has 1 N–H and O–H groups in total. The minimum Gasteiger partial charge on any atom is -0.481 e. The van der Waals surface area contributed by atoms with Gasteiger partial charge in [-0.2, -0.15) is 5.26 Å². The summed E-state index contributed by atoms with van der Waals surface area (Å²) < 4.78 is 0. The van der Waals surface area contributed by atoms with Crippen molar-refractivity contribution in [1.29, 1.82) is 5.26 Å². The lowest BCUT2D eigenvalue weighted by Crippen LogP contribution is -2.42. The number of rotatable bonds is 4. The Kier molecular flexibility index (Phi) is 4.75. The molecule has 1 fully saturated rings. The second-order valence-electron chi connectivity index (χ2n) is 5.40. The zero-order valence-corrected chi connectivity index (χ0v) is 11.7. The molecule has 2 unspecified atom stereocenters. The van der Waals surface area contributed by atoms with Crippen LogP contribution in [-0.2, 0) is 4.79 Å². The van der Waals surface area contributed by atoms with E-state index in [0.29, 0.717) is 5.56 Å². The van der Waals surface area contributed by atoms with E-state index in [1.807, 2.05) is 18.2 Å². The highest BCUT2D eigenvalue weighted by Crippen LogP contribution is 2.30. The van der Waals surface area contributed by atoms with Gasteiger partial charge >= 0.3 is 5.97 Å². The monoisotopic (exact) mass is 272 g/mol. The Morgan fingerprint density at radius 3 is 3.05 bits per heavy atom. The molecule has 0 saturated carbocycles. The van der Waals surface area contributed by atoms with E-state index >= 15 is 0 Å². The van der Waals surface area contributed by atoms with Crippen molar-refractivity contribution < 1.29 is 9.90 Å². The molecular formula is C16H20N2O2. The molecular weight excluding hydrogens is 252 g/mol. The van der Waals surface area contributed by atoms with Crippen molar-refractivity contribution in [2.45, 2.75) is 44.7 Å². The van der Waals surface area contributed by atoms with Crippen LogP contribution in [0.2, 0.25) is 0 Å². The molecule has 1 aliphatic heterocycles. The molecule has 4 heteroatoms. The highest BCUT2D eigenvalue weighted by Gasteiger charge is 2.28. The van der Waals surface area contributed by atoms with Crippen LogP contribution in [0.1, 0.15) is 49.8 Å². The van der Waals surface area contributed by atoms with E-state index in [1.54, 1.807) is 6.07 Å². The van der Waals surface area contributed by atoms with E-state index in [1.165, 1.54) is 0 Å². The van der Waals surface area contributed by atoms with Gasteiger partial charge in [-0.3, -0.25) is 9.69 Å². The molecule has 1 aliphatic rings. The maximum atomic E-state index is 11.0. The molecule has 0 spiro atoms. The van der Waals surface area contributed by atoms with Crippen LogP contribution in [0.25, 0.3) is 0 Å². The highest BCUT2D eigenvalue weighted by molar-refractivity contribution is 5.67. The number of benzene rings is 1. The number of nitriles is 1. The molecule has 106 valence electrons. The number of carbonyl (C=O) groups is 1. The van der Waals surface area contributed by atoms with Crippen LogP contribution in [0.3, 0.4) is 0 Å². The Morgan fingerprint density at radius 1 is 1.55 bits per heavy atom. The van der Waals surface area contributed by atoms with E-state index in [4.69, 9.17) is 10.4 Å². The van der Waals surface area contributed by atoms with Crippen molar-refractivity contribution in [2.75, 3.05) is 6.54 Å². The molecule has 1 heterocycles. The molecule has 0 bridgehead atoms. The number of hydrogen-bond acceptors (Lipinski definition) is 3. The molecule has 0 amide bonds. The normalized spacial score (nSPS) is 21.1. The van der Waals surface area contributed by atoms with Crippen LogP contribution in [0.15, 0.2) is 24.3 Å². The summed E-state index contributed by atoms with van der Waals surface area (Å²) in [5.74, 6) is -0.736. The third-order valence-electron chi connectivity index (χ3n) is 4.08. The number of carboxylic acid groups (broad SMARTS) is 1. The number of carboxylic acids is 1. The maximum absolute atomic E-state index is 11.0. The van der Waals surface area contributed by atoms with Gasteiger partial charge in [-0.05, 0) is 44.0 Å². The fraction of sp³-hybridized carbons (Fsp3) is 0.500. The topological polar surface area (TPSA) is 64.3 Å². The second-order valence-corrected chi connectivity index (χ2v) is 5.40. The first-order valence-corrected chi connectivity index (χ1v) is 7.09. The minimum absolute atomic E-state index is 0.0991. The van der Waals surface area contributed by atoms with Gasteiger partial charge in [0.1, 0.15) is 0 Å². The van der Waals surface area contributed by atoms with E-state index in [2.05, 4.69) is 17.9 Å². The average molecular weight is 272 g/mol. The Hall–Kier alpha value is -1.86. The molecule has 1 aromatic carbocycles. The van der Waals surface area contributed by atoms with Gasteiger partial charge in [0.2, 0.25) is 0 Å². The van der Waals surface area contributed by atoms with Crippen molar-refractivity contribution in [1.82, 2.24) is 4.90 Å². The Labute approximate surface area is 119 Å². The van der Waals surface area contributed by atoms with Crippen molar-refractivity contribution in [3.05, 3.63) is 35.4 Å². The molecule has 2 atom stereocenters.